The van der Waals surface area contributed by atoms with Crippen molar-refractivity contribution < 1.29 is 12.8 Å². The summed E-state index contributed by atoms with van der Waals surface area (Å²) < 4.78 is 35.4. The lowest BCUT2D eigenvalue weighted by atomic mass is 9.83. The third-order valence-electron chi connectivity index (χ3n) is 7.87. The molecule has 2 fully saturated rings. The normalized spacial score (nSPS) is 32.1. The number of fused-ring (bicyclic) bond motifs is 3. The third kappa shape index (κ3) is 3.79. The van der Waals surface area contributed by atoms with E-state index in [1.807, 2.05) is 19.1 Å². The monoisotopic (exact) mass is 459 g/mol. The average Bonchev–Trinajstić information content (AvgIpc) is 3.27. The van der Waals surface area contributed by atoms with Gasteiger partial charge in [-0.3, -0.25) is 0 Å². The molecule has 0 saturated carbocycles. The molecule has 4 rings (SSSR count). The van der Waals surface area contributed by atoms with E-state index in [1.165, 1.54) is 11.1 Å². The summed E-state index contributed by atoms with van der Waals surface area (Å²) in [6, 6.07) is 7.24. The summed E-state index contributed by atoms with van der Waals surface area (Å²) in [6.45, 7) is 15.4. The Hall–Kier alpha value is -1.21. The molecule has 2 heterocycles. The van der Waals surface area contributed by atoms with Crippen molar-refractivity contribution in [2.45, 2.75) is 69.5 Å². The van der Waals surface area contributed by atoms with Gasteiger partial charge in [0, 0.05) is 31.2 Å². The fraction of sp³-hybridized carbons (Fsp3) is 0.600. The van der Waals surface area contributed by atoms with Gasteiger partial charge in [-0.1, -0.05) is 68.7 Å². The Morgan fingerprint density at radius 3 is 2.32 bits per heavy atom. The van der Waals surface area contributed by atoms with Crippen LogP contribution in [0.1, 0.15) is 46.6 Å². The largest absolute Gasteiger partial charge is 0.415 e. The molecular formula is C25H37NO3SSi. The molecule has 1 aliphatic carbocycles. The molecule has 3 atom stereocenters. The second-order valence-corrected chi connectivity index (χ2v) is 17.3. The standard InChI is InChI=1S/C25H37NO3SSi/c1-17(2)31(18(3)4)25-13-20(6)7-10-21-14-26(15-23(21)24(25)16-29-31)30(27,28)22-11-8-19(5)9-12-22/h8-13,17-18,23-25H,7,14-16H2,1-6H3/b20-13-,21-10-/t23-,24+,25-/m1/s1. The summed E-state index contributed by atoms with van der Waals surface area (Å²) in [5, 5.41) is 0. The van der Waals surface area contributed by atoms with E-state index in [1.54, 1.807) is 16.4 Å². The third-order valence-corrected chi connectivity index (χ3v) is 15.6. The van der Waals surface area contributed by atoms with Crippen molar-refractivity contribution in [1.29, 1.82) is 0 Å². The molecule has 0 radical (unpaired) electrons. The Bertz CT molecular complexity index is 986. The quantitative estimate of drug-likeness (QED) is 0.430. The van der Waals surface area contributed by atoms with Crippen LogP contribution in [-0.4, -0.2) is 40.7 Å². The summed E-state index contributed by atoms with van der Waals surface area (Å²) in [5.41, 5.74) is 5.27. The van der Waals surface area contributed by atoms with Crippen LogP contribution in [0.25, 0.3) is 0 Å². The van der Waals surface area contributed by atoms with Gasteiger partial charge < -0.3 is 4.43 Å². The van der Waals surface area contributed by atoms with E-state index >= 15 is 0 Å². The minimum Gasteiger partial charge on any atom is -0.415 e. The fourth-order valence-electron chi connectivity index (χ4n) is 6.22. The van der Waals surface area contributed by atoms with Gasteiger partial charge in [0.2, 0.25) is 18.3 Å². The van der Waals surface area contributed by atoms with E-state index in [-0.39, 0.29) is 5.92 Å². The highest BCUT2D eigenvalue weighted by Crippen LogP contribution is 2.56. The second kappa shape index (κ2) is 8.29. The van der Waals surface area contributed by atoms with Gasteiger partial charge in [0.25, 0.3) is 0 Å². The molecule has 0 amide bonds. The van der Waals surface area contributed by atoms with Crippen molar-refractivity contribution in [3.63, 3.8) is 0 Å². The predicted octanol–water partition coefficient (Wildman–Crippen LogP) is 5.67. The first-order valence-electron chi connectivity index (χ1n) is 11.6. The molecule has 2 aliphatic heterocycles. The lowest BCUT2D eigenvalue weighted by molar-refractivity contribution is 0.256. The molecule has 6 heteroatoms. The first-order valence-corrected chi connectivity index (χ1v) is 15.2. The molecule has 2 saturated heterocycles. The smallest absolute Gasteiger partial charge is 0.243 e. The Balaban J connectivity index is 1.70. The summed E-state index contributed by atoms with van der Waals surface area (Å²) in [4.78, 5) is 0.398. The van der Waals surface area contributed by atoms with Gasteiger partial charge in [0.15, 0.2) is 0 Å². The number of allylic oxidation sites excluding steroid dienone is 3. The highest BCUT2D eigenvalue weighted by atomic mass is 32.2. The van der Waals surface area contributed by atoms with Crippen molar-refractivity contribution in [2.75, 3.05) is 19.7 Å². The van der Waals surface area contributed by atoms with Crippen LogP contribution in [0.4, 0.5) is 0 Å². The predicted molar refractivity (Wildman–Crippen MR) is 129 cm³/mol. The molecule has 0 spiro atoms. The van der Waals surface area contributed by atoms with E-state index in [4.69, 9.17) is 4.43 Å². The molecule has 1 aromatic carbocycles. The number of hydrogen-bond acceptors (Lipinski definition) is 3. The van der Waals surface area contributed by atoms with E-state index in [2.05, 4.69) is 46.8 Å². The minimum absolute atomic E-state index is 0.251. The Morgan fingerprint density at radius 2 is 1.71 bits per heavy atom. The van der Waals surface area contributed by atoms with E-state index in [9.17, 15) is 8.42 Å². The van der Waals surface area contributed by atoms with Gasteiger partial charge in [-0.2, -0.15) is 4.31 Å². The van der Waals surface area contributed by atoms with Crippen LogP contribution in [0.2, 0.25) is 16.6 Å². The maximum Gasteiger partial charge on any atom is 0.243 e. The van der Waals surface area contributed by atoms with Crippen molar-refractivity contribution in [3.8, 4) is 0 Å². The van der Waals surface area contributed by atoms with Crippen molar-refractivity contribution in [2.24, 2.45) is 11.8 Å². The maximum absolute atomic E-state index is 13.4. The van der Waals surface area contributed by atoms with Gasteiger partial charge in [0.05, 0.1) is 4.90 Å². The van der Waals surface area contributed by atoms with Crippen LogP contribution in [0.3, 0.4) is 0 Å². The lowest BCUT2D eigenvalue weighted by Gasteiger charge is -2.40. The van der Waals surface area contributed by atoms with Gasteiger partial charge in [-0.05, 0) is 49.4 Å². The molecule has 3 aliphatic rings. The topological polar surface area (TPSA) is 46.6 Å². The molecule has 4 nitrogen and oxygen atoms in total. The van der Waals surface area contributed by atoms with Crippen LogP contribution in [0.5, 0.6) is 0 Å². The van der Waals surface area contributed by atoms with Gasteiger partial charge >= 0.3 is 0 Å². The van der Waals surface area contributed by atoms with E-state index in [0.717, 1.165) is 18.6 Å². The second-order valence-electron chi connectivity index (χ2n) is 10.4. The number of rotatable bonds is 4. The fourth-order valence-corrected chi connectivity index (χ4v) is 13.4. The number of benzene rings is 1. The molecule has 31 heavy (non-hydrogen) atoms. The average molecular weight is 460 g/mol. The Morgan fingerprint density at radius 1 is 1.06 bits per heavy atom. The summed E-state index contributed by atoms with van der Waals surface area (Å²) in [5.74, 6) is 0.623. The Kier molecular flexibility index (Phi) is 6.14. The van der Waals surface area contributed by atoms with Gasteiger partial charge in [-0.15, -0.1) is 0 Å². The summed E-state index contributed by atoms with van der Waals surface area (Å²) >= 11 is 0. The zero-order valence-electron chi connectivity index (χ0n) is 19.8. The summed E-state index contributed by atoms with van der Waals surface area (Å²) in [7, 11) is -5.51. The van der Waals surface area contributed by atoms with Crippen LogP contribution >= 0.6 is 0 Å². The van der Waals surface area contributed by atoms with Crippen LogP contribution in [0.15, 0.2) is 52.5 Å². The number of nitrogens with zero attached hydrogens (tertiary/aromatic N) is 1. The first kappa shape index (κ1) is 23.0. The summed E-state index contributed by atoms with van der Waals surface area (Å²) in [6.07, 6.45) is 5.71. The number of sulfonamides is 1. The molecule has 170 valence electrons. The van der Waals surface area contributed by atoms with Gasteiger partial charge in [0.1, 0.15) is 0 Å². The van der Waals surface area contributed by atoms with Crippen LogP contribution in [-0.2, 0) is 14.4 Å². The minimum atomic E-state index is -3.50. The molecule has 0 unspecified atom stereocenters. The highest BCUT2D eigenvalue weighted by molar-refractivity contribution is 7.89. The van der Waals surface area contributed by atoms with E-state index < -0.39 is 18.3 Å². The zero-order chi connectivity index (χ0) is 22.6. The molecular weight excluding hydrogens is 422 g/mol. The van der Waals surface area contributed by atoms with Crippen molar-refractivity contribution in [3.05, 3.63) is 53.1 Å². The van der Waals surface area contributed by atoms with Crippen LogP contribution < -0.4 is 0 Å². The maximum atomic E-state index is 13.4. The molecule has 0 aromatic heterocycles. The van der Waals surface area contributed by atoms with Crippen LogP contribution in [0, 0.1) is 18.8 Å². The van der Waals surface area contributed by atoms with Crippen molar-refractivity contribution in [1.82, 2.24) is 4.31 Å². The molecule has 0 bridgehead atoms. The lowest BCUT2D eigenvalue weighted by Crippen LogP contribution is -2.46. The Labute approximate surface area is 189 Å². The first-order chi connectivity index (χ1) is 14.6. The zero-order valence-corrected chi connectivity index (χ0v) is 21.6. The number of hydrogen-bond donors (Lipinski definition) is 0. The van der Waals surface area contributed by atoms with Gasteiger partial charge in [-0.25, -0.2) is 8.42 Å². The van der Waals surface area contributed by atoms with Crippen molar-refractivity contribution >= 4 is 18.3 Å². The SMILES string of the molecule is C/C1=C/[C@@H]2[C@@H](CO[Si]2(C(C)C)C(C)C)[C@@H]2CN(S(=O)(=O)c3ccc(C)cc3)C/C2=C/C1. The molecule has 1 aromatic rings. The molecule has 0 N–H and O–H groups in total. The van der Waals surface area contributed by atoms with E-state index in [0.29, 0.717) is 40.5 Å². The number of aryl methyl sites for hydroxylation is 1. The highest BCUT2D eigenvalue weighted by Gasteiger charge is 2.58.